The van der Waals surface area contributed by atoms with Crippen LogP contribution in [0.2, 0.25) is 0 Å². The lowest BCUT2D eigenvalue weighted by atomic mass is 10.1. The van der Waals surface area contributed by atoms with E-state index in [1.165, 1.54) is 36.5 Å². The fourth-order valence-corrected chi connectivity index (χ4v) is 4.61. The first kappa shape index (κ1) is 27.7. The second kappa shape index (κ2) is 11.2. The molecule has 0 fully saturated rings. The highest BCUT2D eigenvalue weighted by atomic mass is 32.2. The van der Waals surface area contributed by atoms with Crippen LogP contribution in [0.25, 0.3) is 0 Å². The smallest absolute Gasteiger partial charge is 0.416 e. The van der Waals surface area contributed by atoms with E-state index in [1.54, 1.807) is 18.2 Å². The molecule has 0 unspecified atom stereocenters. The maximum Gasteiger partial charge on any atom is 0.416 e. The molecule has 1 heterocycles. The fraction of sp³-hybridized carbons (Fsp3) is 0.148. The third-order valence-electron chi connectivity index (χ3n) is 5.55. The molecule has 0 N–H and O–H groups in total. The van der Waals surface area contributed by atoms with Gasteiger partial charge >= 0.3 is 16.3 Å². The highest BCUT2D eigenvalue weighted by Gasteiger charge is 2.31. The highest BCUT2D eigenvalue weighted by Crippen LogP contribution is 2.33. The van der Waals surface area contributed by atoms with Crippen LogP contribution in [0.15, 0.2) is 94.4 Å². The molecule has 4 aromatic rings. The Morgan fingerprint density at radius 3 is 2.31 bits per heavy atom. The van der Waals surface area contributed by atoms with Gasteiger partial charge in [-0.05, 0) is 72.3 Å². The van der Waals surface area contributed by atoms with E-state index >= 15 is 0 Å². The van der Waals surface area contributed by atoms with Gasteiger partial charge < -0.3 is 18.2 Å². The second-order valence-electron chi connectivity index (χ2n) is 8.30. The summed E-state index contributed by atoms with van der Waals surface area (Å²) in [5.74, 6) is -1.11. The zero-order valence-corrected chi connectivity index (χ0v) is 21.1. The number of hydrogen-bond acceptors (Lipinski definition) is 6. The molecule has 0 atom stereocenters. The Morgan fingerprint density at radius 2 is 1.67 bits per heavy atom. The summed E-state index contributed by atoms with van der Waals surface area (Å²) in [5.41, 5.74) is -0.787. The molecule has 204 valence electrons. The van der Waals surface area contributed by atoms with Crippen molar-refractivity contribution in [1.29, 1.82) is 0 Å². The Morgan fingerprint density at radius 1 is 0.923 bits per heavy atom. The van der Waals surface area contributed by atoms with Crippen molar-refractivity contribution in [3.63, 3.8) is 0 Å². The van der Waals surface area contributed by atoms with E-state index in [1.807, 2.05) is 0 Å². The van der Waals surface area contributed by atoms with E-state index in [0.717, 1.165) is 42.5 Å². The van der Waals surface area contributed by atoms with Gasteiger partial charge in [-0.2, -0.15) is 21.6 Å². The largest absolute Gasteiger partial charge is 0.493 e. The standard InChI is InChI=1S/C27H21F4NO6S/c1-36-24-12-7-18(14-25(24)38-39(34,35)23-10-8-21(28)9-11-23)16-32(17-22-6-3-13-37-22)26(33)19-4-2-5-20(15-19)27(29,30)31/h2-15H,16-17H2,1H3. The van der Waals surface area contributed by atoms with Gasteiger partial charge in [0.2, 0.25) is 0 Å². The summed E-state index contributed by atoms with van der Waals surface area (Å²) in [5, 5.41) is 0. The average Bonchev–Trinajstić information content (AvgIpc) is 3.41. The van der Waals surface area contributed by atoms with Gasteiger partial charge in [0.05, 0.1) is 25.5 Å². The lowest BCUT2D eigenvalue weighted by molar-refractivity contribution is -0.137. The predicted molar refractivity (Wildman–Crippen MR) is 131 cm³/mol. The summed E-state index contributed by atoms with van der Waals surface area (Å²) in [7, 11) is -3.08. The van der Waals surface area contributed by atoms with E-state index in [2.05, 4.69) is 0 Å². The van der Waals surface area contributed by atoms with Crippen LogP contribution in [0.3, 0.4) is 0 Å². The van der Waals surface area contributed by atoms with E-state index in [-0.39, 0.29) is 35.0 Å². The minimum atomic E-state index is -4.64. The molecule has 7 nitrogen and oxygen atoms in total. The highest BCUT2D eigenvalue weighted by molar-refractivity contribution is 7.87. The molecule has 0 radical (unpaired) electrons. The van der Waals surface area contributed by atoms with E-state index in [0.29, 0.717) is 11.3 Å². The molecule has 12 heteroatoms. The van der Waals surface area contributed by atoms with Crippen LogP contribution in [0.1, 0.15) is 27.2 Å². The SMILES string of the molecule is COc1ccc(CN(Cc2ccco2)C(=O)c2cccc(C(F)(F)F)c2)cc1OS(=O)(=O)c1ccc(F)cc1. The number of benzene rings is 3. The summed E-state index contributed by atoms with van der Waals surface area (Å²) < 4.78 is 94.3. The quantitative estimate of drug-likeness (QED) is 0.182. The molecular weight excluding hydrogens is 542 g/mol. The minimum Gasteiger partial charge on any atom is -0.493 e. The monoisotopic (exact) mass is 563 g/mol. The molecule has 3 aromatic carbocycles. The van der Waals surface area contributed by atoms with Crippen LogP contribution in [-0.4, -0.2) is 26.3 Å². The topological polar surface area (TPSA) is 86.0 Å². The van der Waals surface area contributed by atoms with Gasteiger partial charge in [0.15, 0.2) is 11.5 Å². The van der Waals surface area contributed by atoms with E-state index in [9.17, 15) is 30.8 Å². The molecule has 0 aliphatic carbocycles. The van der Waals surface area contributed by atoms with Gasteiger partial charge in [0, 0.05) is 12.1 Å². The summed E-state index contributed by atoms with van der Waals surface area (Å²) in [6.07, 6.45) is -3.25. The molecule has 0 saturated carbocycles. The molecule has 0 aliphatic heterocycles. The third kappa shape index (κ3) is 6.77. The molecule has 0 spiro atoms. The van der Waals surface area contributed by atoms with Crippen molar-refractivity contribution in [3.05, 3.63) is 113 Å². The van der Waals surface area contributed by atoms with Gasteiger partial charge in [-0.3, -0.25) is 4.79 Å². The van der Waals surface area contributed by atoms with Crippen molar-refractivity contribution in [2.45, 2.75) is 24.2 Å². The van der Waals surface area contributed by atoms with Crippen LogP contribution in [0.5, 0.6) is 11.5 Å². The van der Waals surface area contributed by atoms with Crippen molar-refractivity contribution in [1.82, 2.24) is 4.90 Å². The number of carbonyl (C=O) groups excluding carboxylic acids is 1. The zero-order valence-electron chi connectivity index (χ0n) is 20.3. The number of amides is 1. The first-order valence-corrected chi connectivity index (χ1v) is 12.7. The molecule has 0 bridgehead atoms. The lowest BCUT2D eigenvalue weighted by Gasteiger charge is -2.23. The van der Waals surface area contributed by atoms with Crippen LogP contribution >= 0.6 is 0 Å². The molecule has 4 rings (SSSR count). The Hall–Kier alpha value is -4.32. The lowest BCUT2D eigenvalue weighted by Crippen LogP contribution is -2.30. The van der Waals surface area contributed by atoms with Crippen molar-refractivity contribution >= 4 is 16.0 Å². The Bertz CT molecular complexity index is 1550. The molecule has 0 saturated heterocycles. The third-order valence-corrected chi connectivity index (χ3v) is 6.80. The van der Waals surface area contributed by atoms with E-state index < -0.39 is 33.6 Å². The number of halogens is 4. The Balaban J connectivity index is 1.65. The number of nitrogens with zero attached hydrogens (tertiary/aromatic N) is 1. The first-order chi connectivity index (χ1) is 18.5. The van der Waals surface area contributed by atoms with Gasteiger partial charge in [-0.25, -0.2) is 4.39 Å². The summed E-state index contributed by atoms with van der Waals surface area (Å²) >= 11 is 0. The number of carbonyl (C=O) groups is 1. The van der Waals surface area contributed by atoms with Crippen LogP contribution in [-0.2, 0) is 29.4 Å². The number of ether oxygens (including phenoxy) is 1. The van der Waals surface area contributed by atoms with E-state index in [4.69, 9.17) is 13.3 Å². The number of alkyl halides is 3. The summed E-state index contributed by atoms with van der Waals surface area (Å²) in [6.45, 7) is -0.231. The predicted octanol–water partition coefficient (Wildman–Crippen LogP) is 6.06. The molecule has 1 aromatic heterocycles. The first-order valence-electron chi connectivity index (χ1n) is 11.3. The Labute approximate surface area is 221 Å². The number of hydrogen-bond donors (Lipinski definition) is 0. The fourth-order valence-electron chi connectivity index (χ4n) is 3.67. The molecule has 0 aliphatic rings. The van der Waals surface area contributed by atoms with Gasteiger partial charge in [-0.1, -0.05) is 12.1 Å². The number of rotatable bonds is 9. The summed E-state index contributed by atoms with van der Waals surface area (Å²) in [6, 6.07) is 15.5. The van der Waals surface area contributed by atoms with Crippen molar-refractivity contribution in [2.75, 3.05) is 7.11 Å². The van der Waals surface area contributed by atoms with Gasteiger partial charge in [0.25, 0.3) is 5.91 Å². The van der Waals surface area contributed by atoms with Crippen molar-refractivity contribution in [2.24, 2.45) is 0 Å². The zero-order chi connectivity index (χ0) is 28.2. The van der Waals surface area contributed by atoms with Gasteiger partial charge in [0.1, 0.15) is 16.5 Å². The number of methoxy groups -OCH3 is 1. The van der Waals surface area contributed by atoms with Crippen LogP contribution < -0.4 is 8.92 Å². The minimum absolute atomic E-state index is 0.0613. The number of furan rings is 1. The maximum atomic E-state index is 13.3. The second-order valence-corrected chi connectivity index (χ2v) is 9.84. The average molecular weight is 564 g/mol. The van der Waals surface area contributed by atoms with Crippen LogP contribution in [0.4, 0.5) is 17.6 Å². The maximum absolute atomic E-state index is 13.3. The Kier molecular flexibility index (Phi) is 7.95. The van der Waals surface area contributed by atoms with Crippen molar-refractivity contribution in [3.8, 4) is 11.5 Å². The molecule has 39 heavy (non-hydrogen) atoms. The van der Waals surface area contributed by atoms with Crippen LogP contribution in [0, 0.1) is 5.82 Å². The van der Waals surface area contributed by atoms with Gasteiger partial charge in [-0.15, -0.1) is 0 Å². The van der Waals surface area contributed by atoms with Crippen molar-refractivity contribution < 1.29 is 44.1 Å². The normalized spacial score (nSPS) is 11.7. The molecule has 1 amide bonds. The molecular formula is C27H21F4NO6S. The summed E-state index contributed by atoms with van der Waals surface area (Å²) in [4.78, 5) is 14.3.